The van der Waals surface area contributed by atoms with Gasteiger partial charge in [0.25, 0.3) is 15.0 Å². The zero-order valence-corrected chi connectivity index (χ0v) is 12.4. The third-order valence-corrected chi connectivity index (χ3v) is 3.86. The van der Waals surface area contributed by atoms with Crippen molar-refractivity contribution < 1.29 is 22.0 Å². The minimum atomic E-state index is -4.41. The molecule has 0 spiro atoms. The van der Waals surface area contributed by atoms with Crippen LogP contribution in [0.25, 0.3) is 0 Å². The van der Waals surface area contributed by atoms with E-state index < -0.39 is 37.1 Å². The highest BCUT2D eigenvalue weighted by Crippen LogP contribution is 2.24. The summed E-state index contributed by atoms with van der Waals surface area (Å²) in [5.74, 6) is -3.59. The summed E-state index contributed by atoms with van der Waals surface area (Å²) >= 11 is 0. The van der Waals surface area contributed by atoms with E-state index in [0.717, 1.165) is 4.90 Å². The predicted molar refractivity (Wildman–Crippen MR) is 75.7 cm³/mol. The van der Waals surface area contributed by atoms with Gasteiger partial charge in [-0.25, -0.2) is 17.2 Å². The zero-order valence-electron chi connectivity index (χ0n) is 10.9. The molecule has 114 valence electrons. The monoisotopic (exact) mass is 335 g/mol. The number of carbonyl (C=O) groups excluding carboxylic acids is 1. The van der Waals surface area contributed by atoms with E-state index in [2.05, 4.69) is 13.2 Å². The SMILES string of the molecule is C=CCN(CC=C)C(=O)c1cc(F)c(F)cc1S(=O)(=O)Cl. The highest BCUT2D eigenvalue weighted by atomic mass is 35.7. The van der Waals surface area contributed by atoms with E-state index in [4.69, 9.17) is 10.7 Å². The molecule has 0 aromatic heterocycles. The lowest BCUT2D eigenvalue weighted by Gasteiger charge is -2.20. The molecule has 0 heterocycles. The summed E-state index contributed by atoms with van der Waals surface area (Å²) in [6.07, 6.45) is 2.80. The predicted octanol–water partition coefficient (Wildman–Crippen LogP) is 2.71. The molecule has 0 unspecified atom stereocenters. The number of nitrogens with zero attached hydrogens (tertiary/aromatic N) is 1. The second kappa shape index (κ2) is 6.82. The lowest BCUT2D eigenvalue weighted by Crippen LogP contribution is -2.32. The Labute approximate surface area is 125 Å². The fourth-order valence-electron chi connectivity index (χ4n) is 1.62. The summed E-state index contributed by atoms with van der Waals surface area (Å²) in [5.41, 5.74) is -0.549. The number of hydrogen-bond donors (Lipinski definition) is 0. The van der Waals surface area contributed by atoms with Crippen LogP contribution in [0.15, 0.2) is 42.3 Å². The van der Waals surface area contributed by atoms with Crippen LogP contribution < -0.4 is 0 Å². The van der Waals surface area contributed by atoms with Gasteiger partial charge >= 0.3 is 0 Å². The highest BCUT2D eigenvalue weighted by molar-refractivity contribution is 8.13. The van der Waals surface area contributed by atoms with Gasteiger partial charge in [0.15, 0.2) is 11.6 Å². The van der Waals surface area contributed by atoms with Crippen LogP contribution in [0.5, 0.6) is 0 Å². The quantitative estimate of drug-likeness (QED) is 0.593. The number of halogens is 3. The van der Waals surface area contributed by atoms with Crippen LogP contribution in [0.1, 0.15) is 10.4 Å². The lowest BCUT2D eigenvalue weighted by atomic mass is 10.1. The molecule has 0 radical (unpaired) electrons. The fourth-order valence-corrected chi connectivity index (χ4v) is 2.66. The Morgan fingerprint density at radius 1 is 1.19 bits per heavy atom. The molecular weight excluding hydrogens is 324 g/mol. The molecule has 21 heavy (non-hydrogen) atoms. The molecule has 0 aliphatic rings. The fraction of sp³-hybridized carbons (Fsp3) is 0.154. The molecule has 0 fully saturated rings. The van der Waals surface area contributed by atoms with E-state index in [-0.39, 0.29) is 13.1 Å². The van der Waals surface area contributed by atoms with Gasteiger partial charge in [0.05, 0.1) is 10.5 Å². The van der Waals surface area contributed by atoms with Gasteiger partial charge in [0.1, 0.15) is 0 Å². The first-order valence-corrected chi connectivity index (χ1v) is 7.98. The molecule has 0 saturated carbocycles. The molecule has 8 heteroatoms. The molecule has 0 bridgehead atoms. The van der Waals surface area contributed by atoms with Crippen molar-refractivity contribution in [2.75, 3.05) is 13.1 Å². The highest BCUT2D eigenvalue weighted by Gasteiger charge is 2.26. The maximum atomic E-state index is 13.3. The Kier molecular flexibility index (Phi) is 5.62. The molecular formula is C13H12ClF2NO3S. The number of benzene rings is 1. The third kappa shape index (κ3) is 4.12. The number of rotatable bonds is 6. The van der Waals surface area contributed by atoms with Gasteiger partial charge in [-0.1, -0.05) is 12.2 Å². The first-order valence-electron chi connectivity index (χ1n) is 5.67. The molecule has 0 atom stereocenters. The molecule has 1 amide bonds. The van der Waals surface area contributed by atoms with E-state index in [1.165, 1.54) is 12.2 Å². The summed E-state index contributed by atoms with van der Waals surface area (Å²) < 4.78 is 49.4. The van der Waals surface area contributed by atoms with E-state index in [0.29, 0.717) is 12.1 Å². The molecule has 0 N–H and O–H groups in total. The Balaban J connectivity index is 3.46. The molecule has 0 aliphatic heterocycles. The van der Waals surface area contributed by atoms with Gasteiger partial charge in [-0.15, -0.1) is 13.2 Å². The van der Waals surface area contributed by atoms with Crippen LogP contribution in [0.2, 0.25) is 0 Å². The number of amides is 1. The second-order valence-corrected chi connectivity index (χ2v) is 6.52. The van der Waals surface area contributed by atoms with Crippen molar-refractivity contribution in [1.82, 2.24) is 4.90 Å². The smallest absolute Gasteiger partial charge is 0.262 e. The van der Waals surface area contributed by atoms with Crippen molar-refractivity contribution in [3.05, 3.63) is 54.6 Å². The molecule has 1 rings (SSSR count). The average molecular weight is 336 g/mol. The van der Waals surface area contributed by atoms with Gasteiger partial charge in [-0.05, 0) is 12.1 Å². The standard InChI is InChI=1S/C13H12ClF2NO3S/c1-3-5-17(6-4-2)13(18)9-7-10(15)11(16)8-12(9)21(14,19)20/h3-4,7-8H,1-2,5-6H2. The average Bonchev–Trinajstić information content (AvgIpc) is 2.39. The molecule has 0 saturated heterocycles. The molecule has 1 aromatic carbocycles. The minimum absolute atomic E-state index is 0.0750. The first-order chi connectivity index (χ1) is 9.72. The minimum Gasteiger partial charge on any atom is -0.331 e. The van der Waals surface area contributed by atoms with E-state index in [9.17, 15) is 22.0 Å². The topological polar surface area (TPSA) is 54.5 Å². The van der Waals surface area contributed by atoms with Crippen LogP contribution in [0.4, 0.5) is 8.78 Å². The van der Waals surface area contributed by atoms with Gasteiger partial charge in [0, 0.05) is 23.8 Å². The summed E-state index contributed by atoms with van der Waals surface area (Å²) in [5, 5.41) is 0. The summed E-state index contributed by atoms with van der Waals surface area (Å²) in [4.78, 5) is 12.6. The number of carbonyl (C=O) groups is 1. The summed E-state index contributed by atoms with van der Waals surface area (Å²) in [7, 11) is 0.748. The summed E-state index contributed by atoms with van der Waals surface area (Å²) in [6.45, 7) is 7.06. The largest absolute Gasteiger partial charge is 0.331 e. The third-order valence-electron chi connectivity index (χ3n) is 2.50. The van der Waals surface area contributed by atoms with Gasteiger partial charge in [-0.3, -0.25) is 4.79 Å². The van der Waals surface area contributed by atoms with Crippen molar-refractivity contribution in [2.45, 2.75) is 4.90 Å². The van der Waals surface area contributed by atoms with Crippen LogP contribution in [0, 0.1) is 11.6 Å². The van der Waals surface area contributed by atoms with Crippen LogP contribution >= 0.6 is 10.7 Å². The summed E-state index contributed by atoms with van der Waals surface area (Å²) in [6, 6.07) is 0.886. The van der Waals surface area contributed by atoms with Crippen LogP contribution in [-0.2, 0) is 9.05 Å². The lowest BCUT2D eigenvalue weighted by molar-refractivity contribution is 0.0786. The maximum Gasteiger partial charge on any atom is 0.262 e. The number of hydrogen-bond acceptors (Lipinski definition) is 3. The van der Waals surface area contributed by atoms with Crippen molar-refractivity contribution >= 4 is 25.6 Å². The van der Waals surface area contributed by atoms with Crippen molar-refractivity contribution in [3.63, 3.8) is 0 Å². The Morgan fingerprint density at radius 2 is 1.67 bits per heavy atom. The first kappa shape index (κ1) is 17.3. The normalized spacial score (nSPS) is 11.0. The Hall–Kier alpha value is -1.73. The molecule has 1 aromatic rings. The Bertz CT molecular complexity index is 679. The maximum absolute atomic E-state index is 13.3. The van der Waals surface area contributed by atoms with Gasteiger partial charge < -0.3 is 4.90 Å². The molecule has 0 aliphatic carbocycles. The van der Waals surface area contributed by atoms with Crippen molar-refractivity contribution in [3.8, 4) is 0 Å². The van der Waals surface area contributed by atoms with E-state index in [1.54, 1.807) is 0 Å². The second-order valence-electron chi connectivity index (χ2n) is 3.99. The van der Waals surface area contributed by atoms with E-state index in [1.807, 2.05) is 0 Å². The van der Waals surface area contributed by atoms with Crippen molar-refractivity contribution in [1.29, 1.82) is 0 Å². The van der Waals surface area contributed by atoms with Gasteiger partial charge in [0.2, 0.25) is 0 Å². The van der Waals surface area contributed by atoms with E-state index >= 15 is 0 Å². The van der Waals surface area contributed by atoms with Crippen LogP contribution in [-0.4, -0.2) is 32.3 Å². The Morgan fingerprint density at radius 3 is 2.10 bits per heavy atom. The van der Waals surface area contributed by atoms with Gasteiger partial charge in [-0.2, -0.15) is 0 Å². The van der Waals surface area contributed by atoms with Crippen LogP contribution in [0.3, 0.4) is 0 Å². The molecule has 4 nitrogen and oxygen atoms in total. The van der Waals surface area contributed by atoms with Crippen molar-refractivity contribution in [2.24, 2.45) is 0 Å². The zero-order chi connectivity index (χ0) is 16.2.